The summed E-state index contributed by atoms with van der Waals surface area (Å²) < 4.78 is 29.2. The first-order chi connectivity index (χ1) is 20.6. The van der Waals surface area contributed by atoms with Crippen molar-refractivity contribution in [3.8, 4) is 0 Å². The number of carbonyl (C=O) groups excluding carboxylic acids is 2. The van der Waals surface area contributed by atoms with Crippen LogP contribution < -0.4 is 9.62 Å². The Labute approximate surface area is 263 Å². The molecule has 4 rings (SSSR count). The number of benzene rings is 4. The molecule has 4 aromatic carbocycles. The minimum atomic E-state index is -4.21. The third-order valence-corrected chi connectivity index (χ3v) is 9.16. The van der Waals surface area contributed by atoms with Crippen LogP contribution in [0.15, 0.2) is 108 Å². The lowest BCUT2D eigenvalue weighted by Gasteiger charge is -2.34. The van der Waals surface area contributed by atoms with Crippen molar-refractivity contribution in [2.24, 2.45) is 0 Å². The molecule has 2 amide bonds. The van der Waals surface area contributed by atoms with Gasteiger partial charge in [-0.25, -0.2) is 8.42 Å². The summed E-state index contributed by atoms with van der Waals surface area (Å²) in [7, 11) is -4.21. The molecular formula is C33H33Cl2N3O4S. The van der Waals surface area contributed by atoms with Crippen molar-refractivity contribution in [3.63, 3.8) is 0 Å². The van der Waals surface area contributed by atoms with Crippen LogP contribution in [-0.4, -0.2) is 44.3 Å². The monoisotopic (exact) mass is 637 g/mol. The van der Waals surface area contributed by atoms with E-state index in [0.29, 0.717) is 27.7 Å². The first-order valence-corrected chi connectivity index (χ1v) is 16.0. The topological polar surface area (TPSA) is 86.8 Å². The van der Waals surface area contributed by atoms with Crippen molar-refractivity contribution >= 4 is 50.7 Å². The predicted molar refractivity (Wildman–Crippen MR) is 172 cm³/mol. The zero-order valence-corrected chi connectivity index (χ0v) is 26.2. The summed E-state index contributed by atoms with van der Waals surface area (Å²) in [5.74, 6) is -0.913. The van der Waals surface area contributed by atoms with Gasteiger partial charge in [-0.05, 0) is 66.9 Å². The highest BCUT2D eigenvalue weighted by atomic mass is 35.5. The molecule has 43 heavy (non-hydrogen) atoms. The average molecular weight is 639 g/mol. The number of anilines is 1. The van der Waals surface area contributed by atoms with Crippen LogP contribution in [0.2, 0.25) is 10.0 Å². The smallest absolute Gasteiger partial charge is 0.264 e. The molecular weight excluding hydrogens is 605 g/mol. The van der Waals surface area contributed by atoms with Crippen molar-refractivity contribution in [1.82, 2.24) is 10.2 Å². The van der Waals surface area contributed by atoms with Crippen LogP contribution in [0.5, 0.6) is 0 Å². The lowest BCUT2D eigenvalue weighted by Crippen LogP contribution is -2.53. The second-order valence-electron chi connectivity index (χ2n) is 10.0. The quantitative estimate of drug-likeness (QED) is 0.198. The Morgan fingerprint density at radius 2 is 1.44 bits per heavy atom. The molecule has 0 fully saturated rings. The molecule has 1 N–H and O–H groups in total. The highest BCUT2D eigenvalue weighted by Gasteiger charge is 2.35. The lowest BCUT2D eigenvalue weighted by atomic mass is 10.0. The van der Waals surface area contributed by atoms with E-state index >= 15 is 0 Å². The Hall–Kier alpha value is -3.85. The van der Waals surface area contributed by atoms with E-state index in [1.54, 1.807) is 62.4 Å². The molecule has 0 aliphatic carbocycles. The molecule has 0 saturated heterocycles. The molecule has 0 radical (unpaired) electrons. The third-order valence-electron chi connectivity index (χ3n) is 6.91. The molecule has 1 atom stereocenters. The van der Waals surface area contributed by atoms with Crippen LogP contribution in [0.4, 0.5) is 5.69 Å². The molecule has 0 bridgehead atoms. The number of rotatable bonds is 12. The Balaban J connectivity index is 1.82. The van der Waals surface area contributed by atoms with Crippen LogP contribution >= 0.6 is 23.2 Å². The zero-order valence-electron chi connectivity index (χ0n) is 23.9. The largest absolute Gasteiger partial charge is 0.355 e. The standard InChI is InChI=1S/C33H33Cl2N3O4S/c1-3-36-33(40)31(20-25-11-6-4-7-12-25)37(22-26-13-10-14-27(34)19-26)32(39)23-38(30-21-28(35)18-17-24(30)2)43(41,42)29-15-8-5-9-16-29/h4-19,21,31H,3,20,22-23H2,1-2H3,(H,36,40). The van der Waals surface area contributed by atoms with Gasteiger partial charge in [-0.15, -0.1) is 0 Å². The lowest BCUT2D eigenvalue weighted by molar-refractivity contribution is -0.140. The molecule has 7 nitrogen and oxygen atoms in total. The SMILES string of the molecule is CCNC(=O)C(Cc1ccccc1)N(Cc1cccc(Cl)c1)C(=O)CN(c1cc(Cl)ccc1C)S(=O)(=O)c1ccccc1. The highest BCUT2D eigenvalue weighted by molar-refractivity contribution is 7.92. The summed E-state index contributed by atoms with van der Waals surface area (Å²) in [6.07, 6.45) is 0.223. The maximum absolute atomic E-state index is 14.4. The number of nitrogens with one attached hydrogen (secondary N) is 1. The fraction of sp³-hybridized carbons (Fsp3) is 0.212. The zero-order chi connectivity index (χ0) is 31.0. The van der Waals surface area contributed by atoms with E-state index in [2.05, 4.69) is 5.32 Å². The maximum Gasteiger partial charge on any atom is 0.264 e. The summed E-state index contributed by atoms with van der Waals surface area (Å²) >= 11 is 12.6. The van der Waals surface area contributed by atoms with Gasteiger partial charge in [0.1, 0.15) is 12.6 Å². The molecule has 0 heterocycles. The molecule has 0 aliphatic heterocycles. The molecule has 0 spiro atoms. The van der Waals surface area contributed by atoms with Gasteiger partial charge in [-0.2, -0.15) is 0 Å². The van der Waals surface area contributed by atoms with Crippen LogP contribution in [0.3, 0.4) is 0 Å². The van der Waals surface area contributed by atoms with Crippen LogP contribution in [0.1, 0.15) is 23.6 Å². The molecule has 0 aromatic heterocycles. The number of halogens is 2. The minimum Gasteiger partial charge on any atom is -0.355 e. The number of amides is 2. The average Bonchev–Trinajstić information content (AvgIpc) is 3.00. The minimum absolute atomic E-state index is 0.0214. The van der Waals surface area contributed by atoms with Crippen molar-refractivity contribution < 1.29 is 18.0 Å². The van der Waals surface area contributed by atoms with Crippen molar-refractivity contribution in [2.75, 3.05) is 17.4 Å². The summed E-state index contributed by atoms with van der Waals surface area (Å²) in [5, 5.41) is 3.65. The predicted octanol–water partition coefficient (Wildman–Crippen LogP) is 6.27. The first kappa shape index (κ1) is 32.1. The second kappa shape index (κ2) is 14.6. The fourth-order valence-electron chi connectivity index (χ4n) is 4.76. The van der Waals surface area contributed by atoms with Crippen LogP contribution in [0, 0.1) is 6.92 Å². The summed E-state index contributed by atoms with van der Waals surface area (Å²) in [4.78, 5) is 29.4. The van der Waals surface area contributed by atoms with Gasteiger partial charge in [-0.3, -0.25) is 13.9 Å². The summed E-state index contributed by atoms with van der Waals surface area (Å²) in [6, 6.07) is 28.2. The van der Waals surface area contributed by atoms with E-state index < -0.39 is 28.5 Å². The van der Waals surface area contributed by atoms with E-state index in [1.807, 2.05) is 36.4 Å². The van der Waals surface area contributed by atoms with E-state index in [-0.39, 0.29) is 29.5 Å². The number of nitrogens with zero attached hydrogens (tertiary/aromatic N) is 2. The number of carbonyl (C=O) groups is 2. The molecule has 0 aliphatic rings. The van der Waals surface area contributed by atoms with Gasteiger partial charge >= 0.3 is 0 Å². The van der Waals surface area contributed by atoms with Crippen molar-refractivity contribution in [3.05, 3.63) is 130 Å². The van der Waals surface area contributed by atoms with Gasteiger partial charge in [0.15, 0.2) is 0 Å². The Morgan fingerprint density at radius 1 is 0.814 bits per heavy atom. The molecule has 4 aromatic rings. The Bertz CT molecular complexity index is 1670. The van der Waals surface area contributed by atoms with Gasteiger partial charge in [0, 0.05) is 29.6 Å². The van der Waals surface area contributed by atoms with E-state index in [9.17, 15) is 18.0 Å². The number of hydrogen-bond acceptors (Lipinski definition) is 4. The van der Waals surface area contributed by atoms with Crippen LogP contribution in [-0.2, 0) is 32.6 Å². The van der Waals surface area contributed by atoms with Gasteiger partial charge in [0.05, 0.1) is 10.6 Å². The number of likely N-dealkylation sites (N-methyl/N-ethyl adjacent to an activating group) is 1. The maximum atomic E-state index is 14.4. The number of hydrogen-bond donors (Lipinski definition) is 1. The third kappa shape index (κ3) is 8.16. The second-order valence-corrected chi connectivity index (χ2v) is 12.7. The van der Waals surface area contributed by atoms with E-state index in [4.69, 9.17) is 23.2 Å². The van der Waals surface area contributed by atoms with Gasteiger partial charge < -0.3 is 10.2 Å². The van der Waals surface area contributed by atoms with Crippen molar-refractivity contribution in [1.29, 1.82) is 0 Å². The summed E-state index contributed by atoms with van der Waals surface area (Å²) in [6.45, 7) is 3.38. The van der Waals surface area contributed by atoms with Gasteiger partial charge in [0.25, 0.3) is 10.0 Å². The van der Waals surface area contributed by atoms with Crippen molar-refractivity contribution in [2.45, 2.75) is 37.8 Å². The van der Waals surface area contributed by atoms with Crippen LogP contribution in [0.25, 0.3) is 0 Å². The normalized spacial score (nSPS) is 11.9. The number of aryl methyl sites for hydroxylation is 1. The molecule has 224 valence electrons. The molecule has 0 saturated carbocycles. The van der Waals surface area contributed by atoms with Gasteiger partial charge in [-0.1, -0.05) is 89.9 Å². The van der Waals surface area contributed by atoms with E-state index in [1.165, 1.54) is 23.1 Å². The van der Waals surface area contributed by atoms with E-state index in [0.717, 1.165) is 9.87 Å². The highest BCUT2D eigenvalue weighted by Crippen LogP contribution is 2.30. The fourth-order valence-corrected chi connectivity index (χ4v) is 6.63. The van der Waals surface area contributed by atoms with Gasteiger partial charge in [0.2, 0.25) is 11.8 Å². The molecule has 1 unspecified atom stereocenters. The Kier molecular flexibility index (Phi) is 10.9. The molecule has 10 heteroatoms. The number of sulfonamides is 1. The first-order valence-electron chi connectivity index (χ1n) is 13.8. The Morgan fingerprint density at radius 3 is 2.09 bits per heavy atom. The summed E-state index contributed by atoms with van der Waals surface area (Å²) in [5.41, 5.74) is 2.43.